The molecule has 1 saturated carbocycles. The third-order valence-electron chi connectivity index (χ3n) is 6.43. The first-order valence-electron chi connectivity index (χ1n) is 11.5. The summed E-state index contributed by atoms with van der Waals surface area (Å²) in [6.45, 7) is 7.17. The third kappa shape index (κ3) is 4.68. The first kappa shape index (κ1) is 24.3. The van der Waals surface area contributed by atoms with Crippen molar-refractivity contribution in [2.75, 3.05) is 13.6 Å². The standard InChI is InChI=1S/C24H30F3N5O2/c1-24(2,3)20(23(34)28-4)30-22(33)19-18-12-31(13-6-7-13)8-5-9-32(18)21(29-19)14-10-16(26)17(27)11-15(14)25/h10-11,13,20H,5-9,12H2,1-4H3,(H,28,34)(H,30,33)/t20-/m1/s1. The van der Waals surface area contributed by atoms with Crippen molar-refractivity contribution in [1.29, 1.82) is 0 Å². The molecule has 7 nitrogen and oxygen atoms in total. The van der Waals surface area contributed by atoms with Crippen molar-refractivity contribution in [3.8, 4) is 11.4 Å². The number of carbonyl (C=O) groups excluding carboxylic acids is 2. The number of halogens is 3. The number of hydrogen-bond acceptors (Lipinski definition) is 4. The number of fused-ring (bicyclic) bond motifs is 1. The molecule has 1 fully saturated rings. The van der Waals surface area contributed by atoms with Gasteiger partial charge in [0.15, 0.2) is 17.3 Å². The van der Waals surface area contributed by atoms with Gasteiger partial charge >= 0.3 is 0 Å². The van der Waals surface area contributed by atoms with Gasteiger partial charge in [-0.05, 0) is 30.7 Å². The molecule has 1 aromatic carbocycles. The van der Waals surface area contributed by atoms with Crippen LogP contribution in [0.5, 0.6) is 0 Å². The maximum absolute atomic E-state index is 14.7. The molecule has 2 N–H and O–H groups in total. The van der Waals surface area contributed by atoms with E-state index in [1.165, 1.54) is 7.05 Å². The topological polar surface area (TPSA) is 79.3 Å². The number of carbonyl (C=O) groups is 2. The van der Waals surface area contributed by atoms with Gasteiger partial charge in [-0.3, -0.25) is 14.5 Å². The summed E-state index contributed by atoms with van der Waals surface area (Å²) in [4.78, 5) is 32.6. The van der Waals surface area contributed by atoms with E-state index < -0.39 is 34.8 Å². The van der Waals surface area contributed by atoms with Gasteiger partial charge in [0.2, 0.25) is 5.91 Å². The molecule has 2 aliphatic rings. The molecule has 1 aliphatic heterocycles. The van der Waals surface area contributed by atoms with E-state index in [0.717, 1.165) is 31.9 Å². The first-order valence-corrected chi connectivity index (χ1v) is 11.5. The van der Waals surface area contributed by atoms with Crippen molar-refractivity contribution in [2.24, 2.45) is 5.41 Å². The molecule has 0 spiro atoms. The molecule has 184 valence electrons. The van der Waals surface area contributed by atoms with E-state index in [9.17, 15) is 22.8 Å². The second kappa shape index (κ2) is 9.05. The Balaban J connectivity index is 1.80. The molecule has 0 saturated heterocycles. The minimum Gasteiger partial charge on any atom is -0.357 e. The molecule has 1 aromatic heterocycles. The lowest BCUT2D eigenvalue weighted by Crippen LogP contribution is -2.53. The first-order chi connectivity index (χ1) is 16.0. The van der Waals surface area contributed by atoms with Crippen LogP contribution in [0.3, 0.4) is 0 Å². The molecule has 2 heterocycles. The molecule has 2 aromatic rings. The zero-order chi connectivity index (χ0) is 24.8. The van der Waals surface area contributed by atoms with Gasteiger partial charge in [-0.15, -0.1) is 0 Å². The monoisotopic (exact) mass is 477 g/mol. The second-order valence-electron chi connectivity index (χ2n) is 10.1. The maximum Gasteiger partial charge on any atom is 0.272 e. The lowest BCUT2D eigenvalue weighted by atomic mass is 9.86. The Morgan fingerprint density at radius 1 is 1.09 bits per heavy atom. The number of rotatable bonds is 5. The predicted octanol–water partition coefficient (Wildman–Crippen LogP) is 3.23. The fraction of sp³-hybridized carbons (Fsp3) is 0.542. The normalized spacial score (nSPS) is 17.6. The Morgan fingerprint density at radius 3 is 2.38 bits per heavy atom. The highest BCUT2D eigenvalue weighted by Gasteiger charge is 2.37. The summed E-state index contributed by atoms with van der Waals surface area (Å²) >= 11 is 0. The van der Waals surface area contributed by atoms with Gasteiger partial charge in [-0.2, -0.15) is 0 Å². The molecule has 0 unspecified atom stereocenters. The van der Waals surface area contributed by atoms with Gasteiger partial charge in [-0.1, -0.05) is 20.8 Å². The van der Waals surface area contributed by atoms with Crippen molar-refractivity contribution < 1.29 is 22.8 Å². The van der Waals surface area contributed by atoms with Crippen molar-refractivity contribution >= 4 is 11.8 Å². The highest BCUT2D eigenvalue weighted by Crippen LogP contribution is 2.34. The van der Waals surface area contributed by atoms with Crippen LogP contribution in [0.15, 0.2) is 12.1 Å². The summed E-state index contributed by atoms with van der Waals surface area (Å²) in [7, 11) is 1.49. The van der Waals surface area contributed by atoms with E-state index in [1.54, 1.807) is 4.57 Å². The van der Waals surface area contributed by atoms with E-state index in [4.69, 9.17) is 0 Å². The molecule has 34 heavy (non-hydrogen) atoms. The molecule has 2 amide bonds. The summed E-state index contributed by atoms with van der Waals surface area (Å²) in [5.74, 6) is -4.29. The summed E-state index contributed by atoms with van der Waals surface area (Å²) in [5, 5.41) is 5.35. The zero-order valence-electron chi connectivity index (χ0n) is 19.8. The molecule has 1 atom stereocenters. The fourth-order valence-electron chi connectivity index (χ4n) is 4.44. The summed E-state index contributed by atoms with van der Waals surface area (Å²) in [6, 6.07) is 0.846. The molecule has 0 radical (unpaired) electrons. The lowest BCUT2D eigenvalue weighted by molar-refractivity contribution is -0.124. The Labute approximate surface area is 196 Å². The van der Waals surface area contributed by atoms with Gasteiger partial charge in [0.05, 0.1) is 11.3 Å². The Morgan fingerprint density at radius 2 is 1.76 bits per heavy atom. The average Bonchev–Trinajstić information content (AvgIpc) is 3.58. The molecular weight excluding hydrogens is 447 g/mol. The van der Waals surface area contributed by atoms with Crippen molar-refractivity contribution in [3.05, 3.63) is 41.0 Å². The Kier molecular flexibility index (Phi) is 6.46. The quantitative estimate of drug-likeness (QED) is 0.649. The van der Waals surface area contributed by atoms with Crippen LogP contribution in [0.1, 0.15) is 56.2 Å². The van der Waals surface area contributed by atoms with Gasteiger partial charge in [0.1, 0.15) is 17.7 Å². The number of nitrogens with zero attached hydrogens (tertiary/aromatic N) is 3. The highest BCUT2D eigenvalue weighted by atomic mass is 19.2. The minimum absolute atomic E-state index is 0.0600. The number of hydrogen-bond donors (Lipinski definition) is 2. The van der Waals surface area contributed by atoms with Crippen LogP contribution >= 0.6 is 0 Å². The molecule has 1 aliphatic carbocycles. The largest absolute Gasteiger partial charge is 0.357 e. The number of nitrogens with one attached hydrogen (secondary N) is 2. The van der Waals surface area contributed by atoms with Gasteiger partial charge < -0.3 is 15.2 Å². The van der Waals surface area contributed by atoms with Crippen molar-refractivity contribution in [1.82, 2.24) is 25.1 Å². The summed E-state index contributed by atoms with van der Waals surface area (Å²) < 4.78 is 44.0. The molecule has 0 bridgehead atoms. The van der Waals surface area contributed by atoms with Gasteiger partial charge in [0.25, 0.3) is 5.91 Å². The van der Waals surface area contributed by atoms with E-state index >= 15 is 0 Å². The van der Waals surface area contributed by atoms with Crippen LogP contribution in [0.4, 0.5) is 13.2 Å². The van der Waals surface area contributed by atoms with Crippen molar-refractivity contribution in [2.45, 2.75) is 65.2 Å². The van der Waals surface area contributed by atoms with Crippen LogP contribution in [-0.2, 0) is 17.9 Å². The average molecular weight is 478 g/mol. The van der Waals surface area contributed by atoms with E-state index in [2.05, 4.69) is 20.5 Å². The zero-order valence-corrected chi connectivity index (χ0v) is 19.8. The maximum atomic E-state index is 14.7. The minimum atomic E-state index is -1.29. The van der Waals surface area contributed by atoms with E-state index in [-0.39, 0.29) is 23.0 Å². The van der Waals surface area contributed by atoms with Crippen LogP contribution in [0, 0.1) is 22.9 Å². The van der Waals surface area contributed by atoms with Crippen LogP contribution in [0.25, 0.3) is 11.4 Å². The molecule has 4 rings (SSSR count). The van der Waals surface area contributed by atoms with Gasteiger partial charge in [-0.25, -0.2) is 18.2 Å². The summed E-state index contributed by atoms with van der Waals surface area (Å²) in [6.07, 6.45) is 2.88. The van der Waals surface area contributed by atoms with Crippen molar-refractivity contribution in [3.63, 3.8) is 0 Å². The second-order valence-corrected chi connectivity index (χ2v) is 10.1. The smallest absolute Gasteiger partial charge is 0.272 e. The third-order valence-corrected chi connectivity index (χ3v) is 6.43. The highest BCUT2D eigenvalue weighted by molar-refractivity contribution is 5.97. The SMILES string of the molecule is CNC(=O)[C@@H](NC(=O)c1nc(-c2cc(F)c(F)cc2F)n2c1CN(C1CC1)CCC2)C(C)(C)C. The van der Waals surface area contributed by atoms with Crippen LogP contribution in [0.2, 0.25) is 0 Å². The number of aromatic nitrogens is 2. The molecule has 10 heteroatoms. The van der Waals surface area contributed by atoms with Gasteiger partial charge in [0, 0.05) is 38.8 Å². The number of amides is 2. The lowest BCUT2D eigenvalue weighted by Gasteiger charge is -2.29. The fourth-order valence-corrected chi connectivity index (χ4v) is 4.44. The van der Waals surface area contributed by atoms with E-state index in [0.29, 0.717) is 30.9 Å². The number of imidazole rings is 1. The Hall–Kier alpha value is -2.88. The predicted molar refractivity (Wildman–Crippen MR) is 120 cm³/mol. The van der Waals surface area contributed by atoms with Crippen LogP contribution < -0.4 is 10.6 Å². The number of benzene rings is 1. The molecular formula is C24H30F3N5O2. The Bertz CT molecular complexity index is 1120. The van der Waals surface area contributed by atoms with Crippen LogP contribution in [-0.4, -0.2) is 51.9 Å². The number of likely N-dealkylation sites (N-methyl/N-ethyl adjacent to an activating group) is 1. The summed E-state index contributed by atoms with van der Waals surface area (Å²) in [5.41, 5.74) is -0.158. The van der Waals surface area contributed by atoms with E-state index in [1.807, 2.05) is 20.8 Å².